The molecule has 1 heterocycles. The SMILES string of the molecule is C[C@@]1(c2ccccc2Br)NC(=O)N(CC(=O)Nc2cccc3ccccc23)C1=O. The average molecular weight is 452 g/mol. The monoisotopic (exact) mass is 451 g/mol. The van der Waals surface area contributed by atoms with Crippen molar-refractivity contribution >= 4 is 50.2 Å². The molecule has 0 radical (unpaired) electrons. The van der Waals surface area contributed by atoms with Crippen molar-refractivity contribution in [2.45, 2.75) is 12.5 Å². The zero-order valence-electron chi connectivity index (χ0n) is 15.6. The number of rotatable bonds is 4. The van der Waals surface area contributed by atoms with E-state index < -0.39 is 23.4 Å². The summed E-state index contributed by atoms with van der Waals surface area (Å²) in [6.45, 7) is 1.27. The van der Waals surface area contributed by atoms with E-state index in [4.69, 9.17) is 0 Å². The van der Waals surface area contributed by atoms with Gasteiger partial charge in [0.25, 0.3) is 5.91 Å². The molecular weight excluding hydrogens is 434 g/mol. The third-order valence-corrected chi connectivity index (χ3v) is 5.74. The molecule has 0 spiro atoms. The van der Waals surface area contributed by atoms with Gasteiger partial charge >= 0.3 is 6.03 Å². The lowest BCUT2D eigenvalue weighted by Crippen LogP contribution is -2.42. The number of urea groups is 1. The molecule has 4 rings (SSSR count). The van der Waals surface area contributed by atoms with Crippen LogP contribution >= 0.6 is 15.9 Å². The van der Waals surface area contributed by atoms with Gasteiger partial charge in [-0.1, -0.05) is 70.5 Å². The van der Waals surface area contributed by atoms with Crippen molar-refractivity contribution in [1.82, 2.24) is 10.2 Å². The molecule has 4 amide bonds. The first-order chi connectivity index (χ1) is 13.9. The lowest BCUT2D eigenvalue weighted by Gasteiger charge is -2.23. The second-order valence-corrected chi connectivity index (χ2v) is 7.86. The number of imide groups is 1. The number of hydrogen-bond acceptors (Lipinski definition) is 3. The molecule has 1 aliphatic heterocycles. The number of carbonyl (C=O) groups excluding carboxylic acids is 3. The quantitative estimate of drug-likeness (QED) is 0.588. The Kier molecular flexibility index (Phi) is 4.84. The molecule has 0 aromatic heterocycles. The molecule has 3 aromatic carbocycles. The summed E-state index contributed by atoms with van der Waals surface area (Å²) in [7, 11) is 0. The minimum absolute atomic E-state index is 0.367. The average Bonchev–Trinajstić information content (AvgIpc) is 2.92. The second kappa shape index (κ2) is 7.33. The Hall–Kier alpha value is -3.19. The van der Waals surface area contributed by atoms with Crippen molar-refractivity contribution in [2.75, 3.05) is 11.9 Å². The maximum absolute atomic E-state index is 13.0. The molecule has 0 bridgehead atoms. The number of nitrogens with one attached hydrogen (secondary N) is 2. The van der Waals surface area contributed by atoms with E-state index in [9.17, 15) is 14.4 Å². The third-order valence-electron chi connectivity index (χ3n) is 5.05. The zero-order chi connectivity index (χ0) is 20.6. The van der Waals surface area contributed by atoms with Gasteiger partial charge in [-0.2, -0.15) is 0 Å². The van der Waals surface area contributed by atoms with E-state index in [0.717, 1.165) is 15.7 Å². The highest BCUT2D eigenvalue weighted by Crippen LogP contribution is 2.33. The number of benzene rings is 3. The Morgan fingerprint density at radius 1 is 1.03 bits per heavy atom. The van der Waals surface area contributed by atoms with Gasteiger partial charge in [0.1, 0.15) is 12.1 Å². The Balaban J connectivity index is 1.55. The van der Waals surface area contributed by atoms with Crippen molar-refractivity contribution in [3.63, 3.8) is 0 Å². The van der Waals surface area contributed by atoms with Gasteiger partial charge in [0.05, 0.1) is 0 Å². The molecule has 0 aliphatic carbocycles. The number of carbonyl (C=O) groups is 3. The largest absolute Gasteiger partial charge is 0.325 e. The predicted octanol–water partition coefficient (Wildman–Crippen LogP) is 4.01. The van der Waals surface area contributed by atoms with Crippen LogP contribution < -0.4 is 10.6 Å². The van der Waals surface area contributed by atoms with Crippen molar-refractivity contribution in [3.05, 3.63) is 76.8 Å². The fraction of sp³-hybridized carbons (Fsp3) is 0.136. The number of hydrogen-bond donors (Lipinski definition) is 2. The van der Waals surface area contributed by atoms with Gasteiger partial charge in [0, 0.05) is 21.1 Å². The number of fused-ring (bicyclic) bond motifs is 1. The first kappa shape index (κ1) is 19.1. The molecule has 146 valence electrons. The van der Waals surface area contributed by atoms with E-state index in [1.165, 1.54) is 0 Å². The van der Waals surface area contributed by atoms with Crippen molar-refractivity contribution in [1.29, 1.82) is 0 Å². The maximum atomic E-state index is 13.0. The molecule has 0 unspecified atom stereocenters. The summed E-state index contributed by atoms with van der Waals surface area (Å²) in [6.07, 6.45) is 0. The molecule has 1 fully saturated rings. The minimum atomic E-state index is -1.24. The summed E-state index contributed by atoms with van der Waals surface area (Å²) in [4.78, 5) is 39.1. The zero-order valence-corrected chi connectivity index (χ0v) is 17.2. The number of nitrogens with zero attached hydrogens (tertiary/aromatic N) is 1. The highest BCUT2D eigenvalue weighted by molar-refractivity contribution is 9.10. The van der Waals surface area contributed by atoms with Crippen LogP contribution in [0.4, 0.5) is 10.5 Å². The highest BCUT2D eigenvalue weighted by Gasteiger charge is 2.50. The lowest BCUT2D eigenvalue weighted by molar-refractivity contribution is -0.133. The molecule has 0 saturated carbocycles. The Morgan fingerprint density at radius 2 is 1.72 bits per heavy atom. The highest BCUT2D eigenvalue weighted by atomic mass is 79.9. The van der Waals surface area contributed by atoms with Gasteiger partial charge < -0.3 is 10.6 Å². The molecule has 3 aromatic rings. The molecule has 6 nitrogen and oxygen atoms in total. The van der Waals surface area contributed by atoms with Crippen LogP contribution in [0, 0.1) is 0 Å². The number of halogens is 1. The summed E-state index contributed by atoms with van der Waals surface area (Å²) >= 11 is 3.43. The minimum Gasteiger partial charge on any atom is -0.324 e. The van der Waals surface area contributed by atoms with Gasteiger partial charge in [-0.05, 0) is 24.4 Å². The molecule has 7 heteroatoms. The van der Waals surface area contributed by atoms with E-state index in [0.29, 0.717) is 15.7 Å². The summed E-state index contributed by atoms with van der Waals surface area (Å²) in [5.74, 6) is -0.913. The van der Waals surface area contributed by atoms with E-state index in [-0.39, 0.29) is 6.54 Å². The molecule has 2 N–H and O–H groups in total. The van der Waals surface area contributed by atoms with Crippen molar-refractivity contribution < 1.29 is 14.4 Å². The van der Waals surface area contributed by atoms with E-state index >= 15 is 0 Å². The van der Waals surface area contributed by atoms with Crippen LogP contribution in [0.5, 0.6) is 0 Å². The van der Waals surface area contributed by atoms with Gasteiger partial charge in [-0.25, -0.2) is 4.79 Å². The van der Waals surface area contributed by atoms with Crippen molar-refractivity contribution in [2.24, 2.45) is 0 Å². The normalized spacial score (nSPS) is 18.8. The number of anilines is 1. The van der Waals surface area contributed by atoms with Crippen LogP contribution in [-0.4, -0.2) is 29.3 Å². The van der Waals surface area contributed by atoms with Gasteiger partial charge in [0.15, 0.2) is 0 Å². The molecule has 1 aliphatic rings. The topological polar surface area (TPSA) is 78.5 Å². The molecule has 29 heavy (non-hydrogen) atoms. The molecular formula is C22H18BrN3O3. The van der Waals surface area contributed by atoms with Crippen LogP contribution in [-0.2, 0) is 15.1 Å². The van der Waals surface area contributed by atoms with E-state index in [1.807, 2.05) is 42.5 Å². The Bertz CT molecular complexity index is 1140. The summed E-state index contributed by atoms with van der Waals surface area (Å²) < 4.78 is 0.707. The first-order valence-electron chi connectivity index (χ1n) is 9.07. The molecule has 1 saturated heterocycles. The second-order valence-electron chi connectivity index (χ2n) is 7.00. The van der Waals surface area contributed by atoms with Crippen LogP contribution in [0.2, 0.25) is 0 Å². The number of amides is 4. The lowest BCUT2D eigenvalue weighted by atomic mass is 9.92. The van der Waals surface area contributed by atoms with Crippen LogP contribution in [0.25, 0.3) is 10.8 Å². The predicted molar refractivity (Wildman–Crippen MR) is 114 cm³/mol. The van der Waals surface area contributed by atoms with Crippen LogP contribution in [0.15, 0.2) is 71.2 Å². The van der Waals surface area contributed by atoms with Crippen LogP contribution in [0.1, 0.15) is 12.5 Å². The van der Waals surface area contributed by atoms with Crippen LogP contribution in [0.3, 0.4) is 0 Å². The first-order valence-corrected chi connectivity index (χ1v) is 9.86. The Labute approximate surface area is 176 Å². The van der Waals surface area contributed by atoms with Gasteiger partial charge in [0.2, 0.25) is 5.91 Å². The van der Waals surface area contributed by atoms with Gasteiger partial charge in [-0.15, -0.1) is 0 Å². The fourth-order valence-electron chi connectivity index (χ4n) is 3.56. The third kappa shape index (κ3) is 3.38. The van der Waals surface area contributed by atoms with Gasteiger partial charge in [-0.3, -0.25) is 14.5 Å². The molecule has 1 atom stereocenters. The summed E-state index contributed by atoms with van der Waals surface area (Å²) in [5.41, 5.74) is 0.0284. The standard InChI is InChI=1S/C22H18BrN3O3/c1-22(16-10-4-5-11-17(16)23)20(28)26(21(29)25-22)13-19(27)24-18-12-6-8-14-7-2-3-9-15(14)18/h2-12H,13H2,1H3,(H,24,27)(H,25,29)/t22-/m0/s1. The van der Waals surface area contributed by atoms with E-state index in [2.05, 4.69) is 26.6 Å². The smallest absolute Gasteiger partial charge is 0.324 e. The summed E-state index contributed by atoms with van der Waals surface area (Å²) in [6, 6.07) is 19.8. The summed E-state index contributed by atoms with van der Waals surface area (Å²) in [5, 5.41) is 7.40. The fourth-order valence-corrected chi connectivity index (χ4v) is 4.24. The Morgan fingerprint density at radius 3 is 2.52 bits per heavy atom. The van der Waals surface area contributed by atoms with E-state index in [1.54, 1.807) is 31.2 Å². The van der Waals surface area contributed by atoms with Crippen molar-refractivity contribution in [3.8, 4) is 0 Å². The maximum Gasteiger partial charge on any atom is 0.325 e.